The Morgan fingerprint density at radius 1 is 1.45 bits per heavy atom. The molecule has 0 unspecified atom stereocenters. The number of hydrogen-bond donors (Lipinski definition) is 1. The van der Waals surface area contributed by atoms with Gasteiger partial charge >= 0.3 is 0 Å². The molecule has 1 N–H and O–H groups in total. The van der Waals surface area contributed by atoms with E-state index in [9.17, 15) is 8.42 Å². The molecule has 68 valence electrons. The Morgan fingerprint density at radius 2 is 2.09 bits per heavy atom. The van der Waals surface area contributed by atoms with E-state index in [1.807, 2.05) is 6.92 Å². The lowest BCUT2D eigenvalue weighted by Crippen LogP contribution is -2.24. The Kier molecular flexibility index (Phi) is 5.91. The first-order valence-corrected chi connectivity index (χ1v) is 5.95. The van der Waals surface area contributed by atoms with E-state index >= 15 is 0 Å². The first-order chi connectivity index (χ1) is 5.12. The lowest BCUT2D eigenvalue weighted by Gasteiger charge is -2.02. The molecule has 0 saturated heterocycles. The van der Waals surface area contributed by atoms with Gasteiger partial charge < -0.3 is 5.32 Å². The Hall–Kier alpha value is 0.200. The average molecular weight is 200 g/mol. The van der Waals surface area contributed by atoms with E-state index in [0.29, 0.717) is 18.8 Å². The topological polar surface area (TPSA) is 46.2 Å². The number of hydrogen-bond acceptors (Lipinski definition) is 3. The summed E-state index contributed by atoms with van der Waals surface area (Å²) < 4.78 is 22.1. The van der Waals surface area contributed by atoms with Gasteiger partial charge in [0.1, 0.15) is 0 Å². The van der Waals surface area contributed by atoms with Crippen LogP contribution in [0, 0.1) is 0 Å². The highest BCUT2D eigenvalue weighted by Crippen LogP contribution is 1.93. The minimum absolute atomic E-state index is 0.0698. The third-order valence-corrected chi connectivity index (χ3v) is 2.98. The lowest BCUT2D eigenvalue weighted by atomic mass is 10.6. The fourth-order valence-electron chi connectivity index (χ4n) is 0.604. The molecule has 0 radical (unpaired) electrons. The molecule has 0 aromatic heterocycles. The predicted octanol–water partition coefficient (Wildman–Crippen LogP) is 0.597. The second-order valence-corrected chi connectivity index (χ2v) is 4.80. The third-order valence-electron chi connectivity index (χ3n) is 1.16. The molecule has 0 aliphatic heterocycles. The molecule has 0 heterocycles. The van der Waals surface area contributed by atoms with E-state index in [0.717, 1.165) is 0 Å². The summed E-state index contributed by atoms with van der Waals surface area (Å²) in [6, 6.07) is 0. The summed E-state index contributed by atoms with van der Waals surface area (Å²) in [5.41, 5.74) is 0. The van der Waals surface area contributed by atoms with Crippen LogP contribution in [-0.2, 0) is 9.84 Å². The van der Waals surface area contributed by atoms with Crippen LogP contribution < -0.4 is 5.32 Å². The van der Waals surface area contributed by atoms with Crippen LogP contribution >= 0.6 is 11.6 Å². The maximum atomic E-state index is 11.0. The molecule has 0 aliphatic carbocycles. The second-order valence-electron chi connectivity index (χ2n) is 2.24. The molecule has 0 saturated carbocycles. The monoisotopic (exact) mass is 199 g/mol. The molecular weight excluding hydrogens is 186 g/mol. The largest absolute Gasteiger partial charge is 0.304 e. The van der Waals surface area contributed by atoms with Gasteiger partial charge in [0.2, 0.25) is 0 Å². The maximum absolute atomic E-state index is 11.0. The number of rotatable bonds is 6. The Bertz CT molecular complexity index is 165. The fraction of sp³-hybridized carbons (Fsp3) is 1.00. The lowest BCUT2D eigenvalue weighted by molar-refractivity contribution is 0.587. The summed E-state index contributed by atoms with van der Waals surface area (Å²) >= 11 is 5.36. The smallest absolute Gasteiger partial charge is 0.163 e. The highest BCUT2D eigenvalue weighted by molar-refractivity contribution is 7.91. The van der Waals surface area contributed by atoms with Crippen molar-refractivity contribution in [3.63, 3.8) is 0 Å². The van der Waals surface area contributed by atoms with E-state index in [1.165, 1.54) is 0 Å². The molecule has 5 heteroatoms. The van der Waals surface area contributed by atoms with Gasteiger partial charge in [-0.1, -0.05) is 6.92 Å². The minimum Gasteiger partial charge on any atom is -0.304 e. The molecule has 0 bridgehead atoms. The van der Waals surface area contributed by atoms with Crippen molar-refractivity contribution in [3.05, 3.63) is 0 Å². The summed E-state index contributed by atoms with van der Waals surface area (Å²) in [6.45, 7) is 2.55. The molecule has 11 heavy (non-hydrogen) atoms. The van der Waals surface area contributed by atoms with Gasteiger partial charge in [0.05, 0.1) is 11.6 Å². The van der Waals surface area contributed by atoms with Crippen LogP contribution in [0.25, 0.3) is 0 Å². The van der Waals surface area contributed by atoms with Crippen LogP contribution in [0.2, 0.25) is 0 Å². The number of sulfone groups is 1. The molecule has 3 nitrogen and oxygen atoms in total. The van der Waals surface area contributed by atoms with Crippen molar-refractivity contribution in [1.29, 1.82) is 0 Å². The quantitative estimate of drug-likeness (QED) is 0.638. The minimum atomic E-state index is -2.90. The summed E-state index contributed by atoms with van der Waals surface area (Å²) in [5, 5.41) is 2.77. The van der Waals surface area contributed by atoms with Crippen molar-refractivity contribution in [2.45, 2.75) is 13.3 Å². The highest BCUT2D eigenvalue weighted by atomic mass is 35.5. The summed E-state index contributed by atoms with van der Waals surface area (Å²) in [6.07, 6.45) is 0.537. The zero-order valence-electron chi connectivity index (χ0n) is 6.64. The maximum Gasteiger partial charge on any atom is 0.163 e. The Morgan fingerprint density at radius 3 is 2.55 bits per heavy atom. The number of nitrogens with one attached hydrogen (secondary N) is 1. The van der Waals surface area contributed by atoms with Crippen LogP contribution in [0.1, 0.15) is 13.3 Å². The van der Waals surface area contributed by atoms with Gasteiger partial charge in [-0.2, -0.15) is 0 Å². The van der Waals surface area contributed by atoms with Crippen LogP contribution in [0.15, 0.2) is 0 Å². The zero-order valence-corrected chi connectivity index (χ0v) is 8.21. The van der Waals surface area contributed by atoms with Crippen molar-refractivity contribution in [2.24, 2.45) is 0 Å². The Labute approximate surface area is 73.0 Å². The second kappa shape index (κ2) is 5.80. The van der Waals surface area contributed by atoms with Crippen LogP contribution in [-0.4, -0.2) is 32.5 Å². The van der Waals surface area contributed by atoms with E-state index in [2.05, 4.69) is 5.32 Å². The van der Waals surface area contributed by atoms with Gasteiger partial charge in [-0.25, -0.2) is 8.42 Å². The van der Waals surface area contributed by atoms with Gasteiger partial charge in [-0.3, -0.25) is 0 Å². The van der Waals surface area contributed by atoms with Crippen LogP contribution in [0.3, 0.4) is 0 Å². The molecular formula is C6H14ClNO2S. The summed E-state index contributed by atoms with van der Waals surface area (Å²) in [7, 11) is -2.90. The summed E-state index contributed by atoms with van der Waals surface area (Å²) in [5.74, 6) is 0.662. The van der Waals surface area contributed by atoms with Crippen molar-refractivity contribution >= 4 is 21.4 Å². The molecule has 0 rings (SSSR count). The van der Waals surface area contributed by atoms with E-state index in [4.69, 9.17) is 11.6 Å². The van der Waals surface area contributed by atoms with Crippen molar-refractivity contribution in [2.75, 3.05) is 24.1 Å². The number of halogens is 1. The molecule has 0 amide bonds. The highest BCUT2D eigenvalue weighted by Gasteiger charge is 2.07. The van der Waals surface area contributed by atoms with Crippen LogP contribution in [0.4, 0.5) is 0 Å². The first-order valence-electron chi connectivity index (χ1n) is 3.59. The van der Waals surface area contributed by atoms with Crippen molar-refractivity contribution < 1.29 is 8.42 Å². The van der Waals surface area contributed by atoms with Crippen molar-refractivity contribution in [3.8, 4) is 0 Å². The van der Waals surface area contributed by atoms with Gasteiger partial charge in [0, 0.05) is 5.88 Å². The standard InChI is InChI=1S/C6H14ClNO2S/c1-2-8-6-11(9,10)5-3-4-7/h8H,2-6H2,1H3. The molecule has 0 aromatic carbocycles. The van der Waals surface area contributed by atoms with Crippen molar-refractivity contribution in [1.82, 2.24) is 5.32 Å². The van der Waals surface area contributed by atoms with Crippen LogP contribution in [0.5, 0.6) is 0 Å². The van der Waals surface area contributed by atoms with Gasteiger partial charge in [0.25, 0.3) is 0 Å². The van der Waals surface area contributed by atoms with E-state index in [1.54, 1.807) is 0 Å². The first kappa shape index (κ1) is 11.2. The number of alkyl halides is 1. The molecule has 0 fully saturated rings. The molecule has 0 atom stereocenters. The SMILES string of the molecule is CCNCS(=O)(=O)CCCCl. The van der Waals surface area contributed by atoms with Gasteiger partial charge in [-0.15, -0.1) is 11.6 Å². The molecule has 0 spiro atoms. The van der Waals surface area contributed by atoms with Gasteiger partial charge in [-0.05, 0) is 13.0 Å². The average Bonchev–Trinajstić information content (AvgIpc) is 1.97. The molecule has 0 aromatic rings. The summed E-state index contributed by atoms with van der Waals surface area (Å²) in [4.78, 5) is 0. The predicted molar refractivity (Wildman–Crippen MR) is 47.7 cm³/mol. The Balaban J connectivity index is 3.63. The normalized spacial score (nSPS) is 11.8. The fourth-order valence-corrected chi connectivity index (χ4v) is 2.14. The van der Waals surface area contributed by atoms with Gasteiger partial charge in [0.15, 0.2) is 9.84 Å². The zero-order chi connectivity index (χ0) is 8.74. The molecule has 0 aliphatic rings. The van der Waals surface area contributed by atoms with E-state index < -0.39 is 9.84 Å². The third kappa shape index (κ3) is 6.59. The van der Waals surface area contributed by atoms with E-state index in [-0.39, 0.29) is 11.6 Å².